The van der Waals surface area contributed by atoms with Gasteiger partial charge in [0.05, 0.1) is 18.6 Å². The van der Waals surface area contributed by atoms with E-state index in [2.05, 4.69) is 0 Å². The molecule has 0 saturated carbocycles. The predicted octanol–water partition coefficient (Wildman–Crippen LogP) is 3.54. The smallest absolute Gasteiger partial charge is 0.254 e. The van der Waals surface area contributed by atoms with Gasteiger partial charge in [0.2, 0.25) is 10.0 Å². The van der Waals surface area contributed by atoms with E-state index in [0.29, 0.717) is 49.8 Å². The number of hydrogen-bond acceptors (Lipinski definition) is 5. The molecule has 3 rings (SSSR count). The number of carbonyl (C=O) groups is 1. The molecule has 7 nitrogen and oxygen atoms in total. The summed E-state index contributed by atoms with van der Waals surface area (Å²) in [5.74, 6) is 1.14. The maximum absolute atomic E-state index is 13.0. The SMILES string of the molecule is CCOc1ccc(CN(CC)C(=O)c2ccc(S(=O)(=O)N3CCCC3)cc2)cc1OC. The van der Waals surface area contributed by atoms with Crippen LogP contribution in [0.4, 0.5) is 0 Å². The Bertz CT molecular complexity index is 999. The van der Waals surface area contributed by atoms with Gasteiger partial charge in [-0.05, 0) is 68.7 Å². The van der Waals surface area contributed by atoms with Crippen LogP contribution >= 0.6 is 0 Å². The molecule has 1 fully saturated rings. The molecule has 0 bridgehead atoms. The van der Waals surface area contributed by atoms with Crippen molar-refractivity contribution in [2.75, 3.05) is 33.4 Å². The van der Waals surface area contributed by atoms with E-state index in [1.54, 1.807) is 24.1 Å². The van der Waals surface area contributed by atoms with E-state index in [9.17, 15) is 13.2 Å². The van der Waals surface area contributed by atoms with Gasteiger partial charge >= 0.3 is 0 Å². The molecule has 0 unspecified atom stereocenters. The van der Waals surface area contributed by atoms with Gasteiger partial charge in [0.1, 0.15) is 0 Å². The number of benzene rings is 2. The Morgan fingerprint density at radius 1 is 1.03 bits per heavy atom. The van der Waals surface area contributed by atoms with Crippen molar-refractivity contribution < 1.29 is 22.7 Å². The van der Waals surface area contributed by atoms with Crippen LogP contribution < -0.4 is 9.47 Å². The minimum absolute atomic E-state index is 0.152. The fourth-order valence-corrected chi connectivity index (χ4v) is 5.18. The number of ether oxygens (including phenoxy) is 2. The van der Waals surface area contributed by atoms with Crippen LogP contribution in [0.2, 0.25) is 0 Å². The summed E-state index contributed by atoms with van der Waals surface area (Å²) in [6.07, 6.45) is 1.77. The highest BCUT2D eigenvalue weighted by atomic mass is 32.2. The van der Waals surface area contributed by atoms with E-state index in [1.165, 1.54) is 16.4 Å². The highest BCUT2D eigenvalue weighted by Gasteiger charge is 2.27. The summed E-state index contributed by atoms with van der Waals surface area (Å²) < 4.78 is 37.8. The third-order valence-electron chi connectivity index (χ3n) is 5.37. The molecule has 0 aliphatic carbocycles. The van der Waals surface area contributed by atoms with Gasteiger partial charge < -0.3 is 14.4 Å². The molecule has 0 N–H and O–H groups in total. The van der Waals surface area contributed by atoms with Gasteiger partial charge in [-0.15, -0.1) is 0 Å². The Labute approximate surface area is 184 Å². The summed E-state index contributed by atoms with van der Waals surface area (Å²) in [5.41, 5.74) is 1.38. The number of rotatable bonds is 9. The number of nitrogens with zero attached hydrogens (tertiary/aromatic N) is 2. The molecule has 0 spiro atoms. The van der Waals surface area contributed by atoms with Crippen LogP contribution in [0.5, 0.6) is 11.5 Å². The monoisotopic (exact) mass is 446 g/mol. The summed E-state index contributed by atoms with van der Waals surface area (Å²) in [6.45, 7) is 6.39. The highest BCUT2D eigenvalue weighted by molar-refractivity contribution is 7.89. The molecule has 2 aromatic rings. The van der Waals surface area contributed by atoms with E-state index < -0.39 is 10.0 Å². The molecule has 0 radical (unpaired) electrons. The van der Waals surface area contributed by atoms with E-state index in [4.69, 9.17) is 9.47 Å². The first-order chi connectivity index (χ1) is 14.9. The Morgan fingerprint density at radius 3 is 2.29 bits per heavy atom. The lowest BCUT2D eigenvalue weighted by molar-refractivity contribution is 0.0752. The van der Waals surface area contributed by atoms with Crippen LogP contribution in [0.15, 0.2) is 47.4 Å². The Morgan fingerprint density at radius 2 is 1.71 bits per heavy atom. The van der Waals surface area contributed by atoms with Crippen LogP contribution in [0.25, 0.3) is 0 Å². The maximum atomic E-state index is 13.0. The van der Waals surface area contributed by atoms with Crippen molar-refractivity contribution in [3.05, 3.63) is 53.6 Å². The van der Waals surface area contributed by atoms with Crippen LogP contribution in [-0.2, 0) is 16.6 Å². The van der Waals surface area contributed by atoms with E-state index in [-0.39, 0.29) is 10.8 Å². The largest absolute Gasteiger partial charge is 0.493 e. The maximum Gasteiger partial charge on any atom is 0.254 e. The third-order valence-corrected chi connectivity index (χ3v) is 7.29. The topological polar surface area (TPSA) is 76.2 Å². The molecule has 8 heteroatoms. The van der Waals surface area contributed by atoms with E-state index >= 15 is 0 Å². The third kappa shape index (κ3) is 5.19. The summed E-state index contributed by atoms with van der Waals surface area (Å²) >= 11 is 0. The minimum Gasteiger partial charge on any atom is -0.493 e. The average Bonchev–Trinajstić information content (AvgIpc) is 3.34. The molecule has 2 aromatic carbocycles. The molecule has 1 heterocycles. The summed E-state index contributed by atoms with van der Waals surface area (Å²) in [4.78, 5) is 15.0. The van der Waals surface area contributed by atoms with Gasteiger partial charge in [0.25, 0.3) is 5.91 Å². The normalized spacial score (nSPS) is 14.4. The summed E-state index contributed by atoms with van der Waals surface area (Å²) in [7, 11) is -1.90. The van der Waals surface area contributed by atoms with Crippen LogP contribution in [0.3, 0.4) is 0 Å². The number of carbonyl (C=O) groups excluding carboxylic acids is 1. The summed E-state index contributed by atoms with van der Waals surface area (Å²) in [5, 5.41) is 0. The molecular weight excluding hydrogens is 416 g/mol. The van der Waals surface area contributed by atoms with Gasteiger partial charge in [0.15, 0.2) is 11.5 Å². The Hall–Kier alpha value is -2.58. The fraction of sp³-hybridized carbons (Fsp3) is 0.435. The highest BCUT2D eigenvalue weighted by Crippen LogP contribution is 2.29. The van der Waals surface area contributed by atoms with Crippen LogP contribution in [0, 0.1) is 0 Å². The van der Waals surface area contributed by atoms with Crippen molar-refractivity contribution in [2.45, 2.75) is 38.1 Å². The molecule has 1 amide bonds. The molecular formula is C23H30N2O5S. The Kier molecular flexibility index (Phi) is 7.56. The molecule has 31 heavy (non-hydrogen) atoms. The van der Waals surface area contributed by atoms with Gasteiger partial charge in [-0.1, -0.05) is 6.07 Å². The van der Waals surface area contributed by atoms with Crippen molar-refractivity contribution in [3.8, 4) is 11.5 Å². The zero-order chi connectivity index (χ0) is 22.4. The van der Waals surface area contributed by atoms with Gasteiger partial charge in [-0.3, -0.25) is 4.79 Å². The second kappa shape index (κ2) is 10.2. The number of sulfonamides is 1. The first-order valence-electron chi connectivity index (χ1n) is 10.6. The lowest BCUT2D eigenvalue weighted by Gasteiger charge is -2.22. The molecule has 1 aliphatic heterocycles. The zero-order valence-electron chi connectivity index (χ0n) is 18.3. The second-order valence-corrected chi connectivity index (χ2v) is 9.31. The van der Waals surface area contributed by atoms with Crippen molar-refractivity contribution >= 4 is 15.9 Å². The number of amides is 1. The number of hydrogen-bond donors (Lipinski definition) is 0. The van der Waals surface area contributed by atoms with Crippen molar-refractivity contribution in [2.24, 2.45) is 0 Å². The molecule has 0 aromatic heterocycles. The van der Waals surface area contributed by atoms with Crippen molar-refractivity contribution in [3.63, 3.8) is 0 Å². The molecule has 168 valence electrons. The minimum atomic E-state index is -3.49. The van der Waals surface area contributed by atoms with Crippen molar-refractivity contribution in [1.82, 2.24) is 9.21 Å². The predicted molar refractivity (Wildman–Crippen MR) is 119 cm³/mol. The lowest BCUT2D eigenvalue weighted by atomic mass is 10.1. The zero-order valence-corrected chi connectivity index (χ0v) is 19.2. The van der Waals surface area contributed by atoms with Crippen LogP contribution in [0.1, 0.15) is 42.6 Å². The first-order valence-corrected chi connectivity index (χ1v) is 12.0. The van der Waals surface area contributed by atoms with Crippen molar-refractivity contribution in [1.29, 1.82) is 0 Å². The summed E-state index contributed by atoms with van der Waals surface area (Å²) in [6, 6.07) is 11.8. The van der Waals surface area contributed by atoms with E-state index in [1.807, 2.05) is 32.0 Å². The second-order valence-electron chi connectivity index (χ2n) is 7.37. The number of methoxy groups -OCH3 is 1. The first kappa shape index (κ1) is 23.1. The van der Waals surface area contributed by atoms with Gasteiger partial charge in [0, 0.05) is 31.7 Å². The molecule has 0 atom stereocenters. The van der Waals surface area contributed by atoms with E-state index in [0.717, 1.165) is 18.4 Å². The Balaban J connectivity index is 1.74. The lowest BCUT2D eigenvalue weighted by Crippen LogP contribution is -2.30. The van der Waals surface area contributed by atoms with Crippen LogP contribution in [-0.4, -0.2) is 56.9 Å². The molecule has 1 aliphatic rings. The van der Waals surface area contributed by atoms with Gasteiger partial charge in [-0.2, -0.15) is 4.31 Å². The average molecular weight is 447 g/mol. The quantitative estimate of drug-likeness (QED) is 0.589. The fourth-order valence-electron chi connectivity index (χ4n) is 3.66. The standard InChI is InChI=1S/C23H30N2O5S/c1-4-24(17-18-8-13-21(30-5-2)22(16-18)29-3)23(26)19-9-11-20(12-10-19)31(27,28)25-14-6-7-15-25/h8-13,16H,4-7,14-15,17H2,1-3H3. The molecule has 1 saturated heterocycles. The van der Waals surface area contributed by atoms with Gasteiger partial charge in [-0.25, -0.2) is 8.42 Å².